The first-order valence-corrected chi connectivity index (χ1v) is 11.6. The van der Waals surface area contributed by atoms with Crippen molar-refractivity contribution in [3.63, 3.8) is 0 Å². The van der Waals surface area contributed by atoms with Gasteiger partial charge < -0.3 is 9.64 Å². The van der Waals surface area contributed by atoms with Crippen LogP contribution < -0.4 is 0 Å². The highest BCUT2D eigenvalue weighted by Crippen LogP contribution is 2.18. The zero-order valence-corrected chi connectivity index (χ0v) is 19.2. The van der Waals surface area contributed by atoms with Crippen LogP contribution in [0.1, 0.15) is 12.0 Å². The fourth-order valence-corrected chi connectivity index (χ4v) is 4.23. The molecule has 2 rings (SSSR count). The maximum Gasteiger partial charge on any atom is 0.243 e. The van der Waals surface area contributed by atoms with Crippen molar-refractivity contribution < 1.29 is 17.9 Å². The minimum atomic E-state index is -3.73. The van der Waals surface area contributed by atoms with E-state index in [0.717, 1.165) is 21.6 Å². The fraction of sp³-hybridized carbons (Fsp3) is 0.381. The van der Waals surface area contributed by atoms with Crippen LogP contribution in [0.25, 0.3) is 0 Å². The van der Waals surface area contributed by atoms with Gasteiger partial charge in [0, 0.05) is 31.7 Å². The monoisotopic (exact) mass is 482 g/mol. The van der Waals surface area contributed by atoms with Gasteiger partial charge >= 0.3 is 0 Å². The number of halogens is 1. The molecular weight excluding hydrogens is 456 g/mol. The van der Waals surface area contributed by atoms with E-state index in [4.69, 9.17) is 4.74 Å². The second-order valence-corrected chi connectivity index (χ2v) is 9.64. The highest BCUT2D eigenvalue weighted by atomic mass is 79.9. The number of nitrogens with zero attached hydrogens (tertiary/aromatic N) is 2. The summed E-state index contributed by atoms with van der Waals surface area (Å²) in [5, 5.41) is 0. The number of aryl methyl sites for hydroxylation is 1. The van der Waals surface area contributed by atoms with Gasteiger partial charge in [-0.25, -0.2) is 8.42 Å². The smallest absolute Gasteiger partial charge is 0.243 e. The summed E-state index contributed by atoms with van der Waals surface area (Å²) in [5.74, 6) is -0.238. The molecule has 0 saturated heterocycles. The highest BCUT2D eigenvalue weighted by molar-refractivity contribution is 9.10. The van der Waals surface area contributed by atoms with Crippen molar-refractivity contribution in [3.8, 4) is 0 Å². The quantitative estimate of drug-likeness (QED) is 0.493. The highest BCUT2D eigenvalue weighted by Gasteiger charge is 2.25. The molecule has 0 atom stereocenters. The van der Waals surface area contributed by atoms with E-state index in [2.05, 4.69) is 28.1 Å². The SMILES string of the molecule is COCCN(CCCc1ccccc1)C(=O)CN(C)S(=O)(=O)c1ccc(Br)cc1. The van der Waals surface area contributed by atoms with Crippen LogP contribution >= 0.6 is 15.9 Å². The number of carbonyl (C=O) groups is 1. The molecular formula is C21H27BrN2O4S. The van der Waals surface area contributed by atoms with Crippen molar-refractivity contribution in [1.29, 1.82) is 0 Å². The largest absolute Gasteiger partial charge is 0.383 e. The Bertz CT molecular complexity index is 873. The molecule has 0 heterocycles. The molecule has 29 heavy (non-hydrogen) atoms. The molecule has 0 unspecified atom stereocenters. The first-order chi connectivity index (χ1) is 13.8. The molecule has 6 nitrogen and oxygen atoms in total. The molecule has 2 aromatic carbocycles. The number of likely N-dealkylation sites (N-methyl/N-ethyl adjacent to an activating group) is 1. The lowest BCUT2D eigenvalue weighted by Gasteiger charge is -2.25. The van der Waals surface area contributed by atoms with Gasteiger partial charge in [0.05, 0.1) is 18.0 Å². The Balaban J connectivity index is 1.99. The van der Waals surface area contributed by atoms with Crippen molar-refractivity contribution in [2.75, 3.05) is 40.4 Å². The van der Waals surface area contributed by atoms with E-state index in [-0.39, 0.29) is 17.3 Å². The second kappa shape index (κ2) is 11.4. The Morgan fingerprint density at radius 1 is 1.03 bits per heavy atom. The van der Waals surface area contributed by atoms with Gasteiger partial charge in [-0.2, -0.15) is 4.31 Å². The third-order valence-corrected chi connectivity index (χ3v) is 6.88. The summed E-state index contributed by atoms with van der Waals surface area (Å²) in [5.41, 5.74) is 1.21. The molecule has 158 valence electrons. The molecule has 8 heteroatoms. The van der Waals surface area contributed by atoms with E-state index in [1.807, 2.05) is 18.2 Å². The van der Waals surface area contributed by atoms with Crippen LogP contribution in [-0.2, 0) is 26.0 Å². The lowest BCUT2D eigenvalue weighted by molar-refractivity contribution is -0.131. The zero-order chi connectivity index (χ0) is 21.3. The standard InChI is InChI=1S/C21H27BrN2O4S/c1-23(29(26,27)20-12-10-19(22)11-13-20)17-21(25)24(15-16-28-2)14-6-9-18-7-4-3-5-8-18/h3-5,7-8,10-13H,6,9,14-17H2,1-2H3. The number of carbonyl (C=O) groups excluding carboxylic acids is 1. The van der Waals surface area contributed by atoms with Crippen LogP contribution in [0.5, 0.6) is 0 Å². The molecule has 0 radical (unpaired) electrons. The Hall–Kier alpha value is -1.74. The number of rotatable bonds is 11. The summed E-state index contributed by atoms with van der Waals surface area (Å²) in [6, 6.07) is 16.4. The van der Waals surface area contributed by atoms with Gasteiger partial charge in [0.1, 0.15) is 0 Å². The molecule has 0 N–H and O–H groups in total. The van der Waals surface area contributed by atoms with E-state index >= 15 is 0 Å². The third kappa shape index (κ3) is 7.22. The predicted molar refractivity (Wildman–Crippen MR) is 117 cm³/mol. The van der Waals surface area contributed by atoms with E-state index in [1.165, 1.54) is 24.7 Å². The molecule has 1 amide bonds. The summed E-state index contributed by atoms with van der Waals surface area (Å²) < 4.78 is 32.5. The lowest BCUT2D eigenvalue weighted by atomic mass is 10.1. The number of amides is 1. The van der Waals surface area contributed by atoms with Crippen molar-refractivity contribution in [2.45, 2.75) is 17.7 Å². The number of ether oxygens (including phenoxy) is 1. The molecule has 0 saturated carbocycles. The van der Waals surface area contributed by atoms with E-state index in [9.17, 15) is 13.2 Å². The van der Waals surface area contributed by atoms with Gasteiger partial charge in [-0.15, -0.1) is 0 Å². The molecule has 0 aliphatic heterocycles. The van der Waals surface area contributed by atoms with Crippen LogP contribution in [0, 0.1) is 0 Å². The van der Waals surface area contributed by atoms with Crippen LogP contribution in [0.4, 0.5) is 0 Å². The zero-order valence-electron chi connectivity index (χ0n) is 16.8. The fourth-order valence-electron chi connectivity index (χ4n) is 2.84. The number of benzene rings is 2. The van der Waals surface area contributed by atoms with Crippen molar-refractivity contribution in [1.82, 2.24) is 9.21 Å². The van der Waals surface area contributed by atoms with Crippen LogP contribution in [0.2, 0.25) is 0 Å². The van der Waals surface area contributed by atoms with Gasteiger partial charge in [-0.1, -0.05) is 46.3 Å². The number of sulfonamides is 1. The summed E-state index contributed by atoms with van der Waals surface area (Å²) in [4.78, 5) is 14.6. The van der Waals surface area contributed by atoms with Crippen LogP contribution in [-0.4, -0.2) is 63.9 Å². The molecule has 0 aliphatic rings. The Morgan fingerprint density at radius 2 is 1.69 bits per heavy atom. The van der Waals surface area contributed by atoms with Crippen LogP contribution in [0.15, 0.2) is 64.0 Å². The van der Waals surface area contributed by atoms with Gasteiger partial charge in [0.15, 0.2) is 0 Å². The summed E-state index contributed by atoms with van der Waals surface area (Å²) in [6.45, 7) is 1.16. The minimum Gasteiger partial charge on any atom is -0.383 e. The molecule has 0 aromatic heterocycles. The average Bonchev–Trinajstić information content (AvgIpc) is 2.71. The first kappa shape index (κ1) is 23.5. The minimum absolute atomic E-state index is 0.156. The molecule has 0 fully saturated rings. The average molecular weight is 483 g/mol. The lowest BCUT2D eigenvalue weighted by Crippen LogP contribution is -2.43. The predicted octanol–water partition coefficient (Wildman–Crippen LogP) is 3.18. The number of methoxy groups -OCH3 is 1. The topological polar surface area (TPSA) is 66.9 Å². The van der Waals surface area contributed by atoms with E-state index in [1.54, 1.807) is 24.1 Å². The van der Waals surface area contributed by atoms with Gasteiger partial charge in [0.2, 0.25) is 15.9 Å². The number of hydrogen-bond acceptors (Lipinski definition) is 4. The molecule has 0 aliphatic carbocycles. The maximum atomic E-state index is 12.8. The summed E-state index contributed by atoms with van der Waals surface area (Å²) >= 11 is 3.29. The Labute approximate surface area is 181 Å². The van der Waals surface area contributed by atoms with Gasteiger partial charge in [0.25, 0.3) is 0 Å². The number of hydrogen-bond donors (Lipinski definition) is 0. The van der Waals surface area contributed by atoms with Crippen LogP contribution in [0.3, 0.4) is 0 Å². The second-order valence-electron chi connectivity index (χ2n) is 6.68. The molecule has 2 aromatic rings. The molecule has 0 bridgehead atoms. The van der Waals surface area contributed by atoms with Gasteiger partial charge in [-0.3, -0.25) is 4.79 Å². The van der Waals surface area contributed by atoms with Crippen molar-refractivity contribution in [2.24, 2.45) is 0 Å². The molecule has 0 spiro atoms. The maximum absolute atomic E-state index is 12.8. The third-order valence-electron chi connectivity index (χ3n) is 4.53. The van der Waals surface area contributed by atoms with Crippen molar-refractivity contribution in [3.05, 3.63) is 64.6 Å². The Kier molecular flexibility index (Phi) is 9.29. The summed E-state index contributed by atoms with van der Waals surface area (Å²) in [7, 11) is -0.730. The normalized spacial score (nSPS) is 11.6. The van der Waals surface area contributed by atoms with E-state index < -0.39 is 10.0 Å². The summed E-state index contributed by atoms with van der Waals surface area (Å²) in [6.07, 6.45) is 1.65. The first-order valence-electron chi connectivity index (χ1n) is 9.37. The van der Waals surface area contributed by atoms with E-state index in [0.29, 0.717) is 19.7 Å². The Morgan fingerprint density at radius 3 is 2.31 bits per heavy atom. The van der Waals surface area contributed by atoms with Crippen molar-refractivity contribution >= 4 is 31.9 Å². The van der Waals surface area contributed by atoms with Gasteiger partial charge in [-0.05, 0) is 42.7 Å².